The number of aliphatic imine (C=N–C) groups is 1. The Hall–Kier alpha value is -1.55. The molecule has 1 aromatic carbocycles. The van der Waals surface area contributed by atoms with Crippen molar-refractivity contribution in [3.05, 3.63) is 35.9 Å². The Kier molecular flexibility index (Phi) is 4.97. The molecule has 0 saturated heterocycles. The summed E-state index contributed by atoms with van der Waals surface area (Å²) in [4.78, 5) is 4.20. The topological polar surface area (TPSA) is 70.6 Å². The summed E-state index contributed by atoms with van der Waals surface area (Å²) in [5.41, 5.74) is 6.08. The van der Waals surface area contributed by atoms with Gasteiger partial charge >= 0.3 is 0 Å². The Morgan fingerprint density at radius 3 is 2.65 bits per heavy atom. The van der Waals surface area contributed by atoms with E-state index in [1.165, 1.54) is 0 Å². The summed E-state index contributed by atoms with van der Waals surface area (Å²) >= 11 is 0. The van der Waals surface area contributed by atoms with Crippen molar-refractivity contribution in [3.8, 4) is 0 Å². The van der Waals surface area contributed by atoms with Crippen LogP contribution in [0.4, 0.5) is 0 Å². The van der Waals surface area contributed by atoms with Crippen LogP contribution in [0.25, 0.3) is 0 Å². The van der Waals surface area contributed by atoms with Crippen molar-refractivity contribution < 1.29 is 5.11 Å². The fourth-order valence-electron chi connectivity index (χ4n) is 1.22. The van der Waals surface area contributed by atoms with Gasteiger partial charge in [0.05, 0.1) is 12.1 Å². The third kappa shape index (κ3) is 5.36. The lowest BCUT2D eigenvalue weighted by Gasteiger charge is -2.21. The van der Waals surface area contributed by atoms with Crippen LogP contribution >= 0.6 is 0 Å². The minimum atomic E-state index is -0.743. The molecule has 0 fully saturated rings. The van der Waals surface area contributed by atoms with E-state index < -0.39 is 5.60 Å². The van der Waals surface area contributed by atoms with Crippen molar-refractivity contribution in [3.63, 3.8) is 0 Å². The van der Waals surface area contributed by atoms with Gasteiger partial charge in [-0.1, -0.05) is 37.3 Å². The van der Waals surface area contributed by atoms with E-state index in [1.807, 2.05) is 37.3 Å². The van der Waals surface area contributed by atoms with Crippen molar-refractivity contribution in [2.75, 3.05) is 6.54 Å². The summed E-state index contributed by atoms with van der Waals surface area (Å²) in [5, 5.41) is 12.7. The van der Waals surface area contributed by atoms with Gasteiger partial charge in [-0.05, 0) is 18.9 Å². The number of hydrogen-bond donors (Lipinski definition) is 3. The third-order valence-electron chi connectivity index (χ3n) is 2.69. The number of benzene rings is 1. The Bertz CT molecular complexity index is 360. The van der Waals surface area contributed by atoms with Gasteiger partial charge in [-0.25, -0.2) is 4.99 Å². The molecule has 0 amide bonds. The van der Waals surface area contributed by atoms with Crippen LogP contribution in [0, 0.1) is 0 Å². The summed E-state index contributed by atoms with van der Waals surface area (Å²) in [6, 6.07) is 9.90. The van der Waals surface area contributed by atoms with Gasteiger partial charge in [0.25, 0.3) is 0 Å². The number of nitrogens with two attached hydrogens (primary N) is 1. The fraction of sp³-hybridized carbons (Fsp3) is 0.462. The number of aliphatic hydroxyl groups is 1. The quantitative estimate of drug-likeness (QED) is 0.531. The Labute approximate surface area is 103 Å². The summed E-state index contributed by atoms with van der Waals surface area (Å²) in [6.45, 7) is 4.66. The second kappa shape index (κ2) is 6.25. The van der Waals surface area contributed by atoms with E-state index >= 15 is 0 Å². The predicted octanol–water partition coefficient (Wildman–Crippen LogP) is 1.25. The lowest BCUT2D eigenvalue weighted by Crippen LogP contribution is -2.43. The first kappa shape index (κ1) is 13.5. The van der Waals surface area contributed by atoms with E-state index in [1.54, 1.807) is 6.92 Å². The van der Waals surface area contributed by atoms with Gasteiger partial charge in [0.15, 0.2) is 5.96 Å². The number of nitrogens with one attached hydrogen (secondary N) is 1. The summed E-state index contributed by atoms with van der Waals surface area (Å²) in [5.74, 6) is 0.363. The zero-order chi connectivity index (χ0) is 12.7. The van der Waals surface area contributed by atoms with Gasteiger partial charge in [-0.2, -0.15) is 0 Å². The highest BCUT2D eigenvalue weighted by Gasteiger charge is 2.16. The SMILES string of the molecule is CCC(C)(O)CNC(N)=NCc1ccccc1. The molecule has 4 nitrogen and oxygen atoms in total. The average Bonchev–Trinajstić information content (AvgIpc) is 2.35. The van der Waals surface area contributed by atoms with Crippen LogP contribution in [0.15, 0.2) is 35.3 Å². The van der Waals surface area contributed by atoms with Crippen molar-refractivity contribution in [1.29, 1.82) is 0 Å². The van der Waals surface area contributed by atoms with Gasteiger partial charge < -0.3 is 16.2 Å². The van der Waals surface area contributed by atoms with E-state index in [9.17, 15) is 5.11 Å². The van der Waals surface area contributed by atoms with E-state index in [0.717, 1.165) is 5.56 Å². The maximum absolute atomic E-state index is 9.78. The lowest BCUT2D eigenvalue weighted by atomic mass is 10.0. The number of rotatable bonds is 5. The molecular weight excluding hydrogens is 214 g/mol. The zero-order valence-corrected chi connectivity index (χ0v) is 10.5. The first-order chi connectivity index (χ1) is 8.03. The van der Waals surface area contributed by atoms with Crippen LogP contribution in [-0.4, -0.2) is 23.2 Å². The van der Waals surface area contributed by atoms with Gasteiger partial charge in [-0.3, -0.25) is 0 Å². The highest BCUT2D eigenvalue weighted by molar-refractivity contribution is 5.77. The highest BCUT2D eigenvalue weighted by Crippen LogP contribution is 2.05. The van der Waals surface area contributed by atoms with E-state index in [0.29, 0.717) is 25.5 Å². The monoisotopic (exact) mass is 235 g/mol. The molecular formula is C13H21N3O. The predicted molar refractivity (Wildman–Crippen MR) is 70.7 cm³/mol. The molecule has 94 valence electrons. The molecule has 0 saturated carbocycles. The van der Waals surface area contributed by atoms with E-state index in [-0.39, 0.29) is 0 Å². The molecule has 0 aromatic heterocycles. The van der Waals surface area contributed by atoms with E-state index in [4.69, 9.17) is 5.73 Å². The molecule has 4 N–H and O–H groups in total. The van der Waals surface area contributed by atoms with Gasteiger partial charge in [0.1, 0.15) is 0 Å². The molecule has 1 atom stereocenters. The minimum absolute atomic E-state index is 0.363. The molecule has 0 radical (unpaired) electrons. The fourth-order valence-corrected chi connectivity index (χ4v) is 1.22. The second-order valence-corrected chi connectivity index (χ2v) is 4.39. The van der Waals surface area contributed by atoms with Crippen molar-refractivity contribution in [1.82, 2.24) is 5.32 Å². The van der Waals surface area contributed by atoms with Crippen molar-refractivity contribution in [2.24, 2.45) is 10.7 Å². The molecule has 1 aromatic rings. The minimum Gasteiger partial charge on any atom is -0.388 e. The molecule has 17 heavy (non-hydrogen) atoms. The number of hydrogen-bond acceptors (Lipinski definition) is 2. The molecule has 0 heterocycles. The molecule has 1 unspecified atom stereocenters. The van der Waals surface area contributed by atoms with Crippen molar-refractivity contribution >= 4 is 5.96 Å². The average molecular weight is 235 g/mol. The molecule has 0 aliphatic heterocycles. The van der Waals surface area contributed by atoms with Crippen molar-refractivity contribution in [2.45, 2.75) is 32.4 Å². The first-order valence-electron chi connectivity index (χ1n) is 5.83. The van der Waals surface area contributed by atoms with Gasteiger partial charge in [0.2, 0.25) is 0 Å². The Morgan fingerprint density at radius 2 is 2.06 bits per heavy atom. The van der Waals surface area contributed by atoms with Crippen LogP contribution in [0.5, 0.6) is 0 Å². The Morgan fingerprint density at radius 1 is 1.41 bits per heavy atom. The standard InChI is InChI=1S/C13H21N3O/c1-3-13(2,17)10-16-12(14)15-9-11-7-5-4-6-8-11/h4-8,17H,3,9-10H2,1-2H3,(H3,14,15,16). The summed E-state index contributed by atoms with van der Waals surface area (Å²) in [6.07, 6.45) is 0.673. The Balaban J connectivity index is 2.40. The van der Waals surface area contributed by atoms with Gasteiger partial charge in [0, 0.05) is 6.54 Å². The van der Waals surface area contributed by atoms with Crippen LogP contribution in [0.1, 0.15) is 25.8 Å². The second-order valence-electron chi connectivity index (χ2n) is 4.39. The van der Waals surface area contributed by atoms with Crippen LogP contribution < -0.4 is 11.1 Å². The van der Waals surface area contributed by atoms with Gasteiger partial charge in [-0.15, -0.1) is 0 Å². The molecule has 0 spiro atoms. The molecule has 0 aliphatic rings. The first-order valence-corrected chi connectivity index (χ1v) is 5.83. The summed E-state index contributed by atoms with van der Waals surface area (Å²) in [7, 11) is 0. The van der Waals surface area contributed by atoms with Crippen LogP contribution in [0.2, 0.25) is 0 Å². The normalized spacial score (nSPS) is 15.4. The smallest absolute Gasteiger partial charge is 0.189 e. The molecule has 4 heteroatoms. The summed E-state index contributed by atoms with van der Waals surface area (Å²) < 4.78 is 0. The maximum Gasteiger partial charge on any atom is 0.189 e. The molecule has 0 bridgehead atoms. The van der Waals surface area contributed by atoms with Crippen LogP contribution in [-0.2, 0) is 6.54 Å². The highest BCUT2D eigenvalue weighted by atomic mass is 16.3. The van der Waals surface area contributed by atoms with E-state index in [2.05, 4.69) is 10.3 Å². The third-order valence-corrected chi connectivity index (χ3v) is 2.69. The van der Waals surface area contributed by atoms with Crippen LogP contribution in [0.3, 0.4) is 0 Å². The largest absolute Gasteiger partial charge is 0.388 e. The molecule has 1 rings (SSSR count). The lowest BCUT2D eigenvalue weighted by molar-refractivity contribution is 0.0605. The maximum atomic E-state index is 9.78. The zero-order valence-electron chi connectivity index (χ0n) is 10.5. The number of nitrogens with zero attached hydrogens (tertiary/aromatic N) is 1. The number of guanidine groups is 1. The molecule has 0 aliphatic carbocycles.